The molecule has 1 aromatic heterocycles. The Hall–Kier alpha value is -3.34. The molecule has 4 rings (SSSR count). The molecule has 5 heteroatoms. The number of rotatable bonds is 7. The molecule has 0 saturated heterocycles. The summed E-state index contributed by atoms with van der Waals surface area (Å²) in [6.45, 7) is 3.66. The summed E-state index contributed by atoms with van der Waals surface area (Å²) in [6.07, 6.45) is 5.77. The standard InChI is InChI=1S/C24H26N4O/c1-3-4-14-28-17-18-15-20(10-11-21(18)24(28)29)27(2)23-16-25-13-12-22(23)26-19-8-6-5-7-9-19/h5-13,15-16H,3-4,14,17H2,1-2H3,(H,25,26). The summed E-state index contributed by atoms with van der Waals surface area (Å²) in [5.74, 6) is 0.149. The number of anilines is 4. The maximum Gasteiger partial charge on any atom is 0.254 e. The number of fused-ring (bicyclic) bond motifs is 1. The zero-order valence-corrected chi connectivity index (χ0v) is 16.9. The van der Waals surface area contributed by atoms with Crippen molar-refractivity contribution in [2.24, 2.45) is 0 Å². The van der Waals surface area contributed by atoms with E-state index in [1.54, 1.807) is 6.20 Å². The predicted molar refractivity (Wildman–Crippen MR) is 118 cm³/mol. The van der Waals surface area contributed by atoms with Crippen LogP contribution in [0.1, 0.15) is 35.7 Å². The van der Waals surface area contributed by atoms with E-state index in [-0.39, 0.29) is 5.91 Å². The van der Waals surface area contributed by atoms with Crippen molar-refractivity contribution >= 4 is 28.7 Å². The Morgan fingerprint density at radius 2 is 1.97 bits per heavy atom. The zero-order valence-electron chi connectivity index (χ0n) is 16.9. The highest BCUT2D eigenvalue weighted by molar-refractivity contribution is 5.99. The number of nitrogens with one attached hydrogen (secondary N) is 1. The first-order chi connectivity index (χ1) is 14.2. The number of carbonyl (C=O) groups is 1. The SMILES string of the molecule is CCCCN1Cc2cc(N(C)c3cnccc3Nc3ccccc3)ccc2C1=O. The minimum Gasteiger partial charge on any atom is -0.354 e. The minimum atomic E-state index is 0.149. The topological polar surface area (TPSA) is 48.5 Å². The van der Waals surface area contributed by atoms with Gasteiger partial charge >= 0.3 is 0 Å². The van der Waals surface area contributed by atoms with Crippen LogP contribution in [0, 0.1) is 0 Å². The van der Waals surface area contributed by atoms with Crippen LogP contribution in [-0.2, 0) is 6.54 Å². The molecule has 0 spiro atoms. The quantitative estimate of drug-likeness (QED) is 0.595. The summed E-state index contributed by atoms with van der Waals surface area (Å²) in [7, 11) is 2.03. The van der Waals surface area contributed by atoms with Crippen LogP contribution >= 0.6 is 0 Å². The van der Waals surface area contributed by atoms with Crippen molar-refractivity contribution in [2.45, 2.75) is 26.3 Å². The average Bonchev–Trinajstić information content (AvgIpc) is 3.08. The highest BCUT2D eigenvalue weighted by atomic mass is 16.2. The van der Waals surface area contributed by atoms with Crippen molar-refractivity contribution < 1.29 is 4.79 Å². The number of para-hydroxylation sites is 1. The molecule has 148 valence electrons. The molecule has 0 saturated carbocycles. The molecular weight excluding hydrogens is 360 g/mol. The van der Waals surface area contributed by atoms with Gasteiger partial charge in [0.05, 0.1) is 17.6 Å². The highest BCUT2D eigenvalue weighted by Crippen LogP contribution is 2.34. The molecule has 1 N–H and O–H groups in total. The number of aromatic nitrogens is 1. The first-order valence-electron chi connectivity index (χ1n) is 10.1. The number of hydrogen-bond acceptors (Lipinski definition) is 4. The first kappa shape index (κ1) is 19.0. The molecule has 1 aliphatic rings. The lowest BCUT2D eigenvalue weighted by atomic mass is 10.1. The van der Waals surface area contributed by atoms with Gasteiger partial charge in [-0.25, -0.2) is 0 Å². The second-order valence-electron chi connectivity index (χ2n) is 7.36. The molecule has 29 heavy (non-hydrogen) atoms. The molecule has 0 unspecified atom stereocenters. The molecule has 1 amide bonds. The van der Waals surface area contributed by atoms with Gasteiger partial charge in [-0.1, -0.05) is 31.5 Å². The summed E-state index contributed by atoms with van der Waals surface area (Å²) >= 11 is 0. The van der Waals surface area contributed by atoms with Crippen molar-refractivity contribution in [3.63, 3.8) is 0 Å². The fourth-order valence-electron chi connectivity index (χ4n) is 3.68. The van der Waals surface area contributed by atoms with Crippen molar-refractivity contribution in [1.29, 1.82) is 0 Å². The largest absolute Gasteiger partial charge is 0.354 e. The molecule has 0 bridgehead atoms. The van der Waals surface area contributed by atoms with Gasteiger partial charge in [-0.2, -0.15) is 0 Å². The number of hydrogen-bond donors (Lipinski definition) is 1. The zero-order chi connectivity index (χ0) is 20.2. The number of nitrogens with zero attached hydrogens (tertiary/aromatic N) is 3. The normalized spacial score (nSPS) is 12.8. The van der Waals surface area contributed by atoms with Gasteiger partial charge in [0.25, 0.3) is 5.91 Å². The van der Waals surface area contributed by atoms with E-state index in [9.17, 15) is 4.79 Å². The second kappa shape index (κ2) is 8.35. The van der Waals surface area contributed by atoms with Crippen molar-refractivity contribution in [3.05, 3.63) is 78.1 Å². The third kappa shape index (κ3) is 3.94. The van der Waals surface area contributed by atoms with Crippen molar-refractivity contribution in [1.82, 2.24) is 9.88 Å². The lowest BCUT2D eigenvalue weighted by Gasteiger charge is -2.23. The van der Waals surface area contributed by atoms with E-state index in [2.05, 4.69) is 28.2 Å². The van der Waals surface area contributed by atoms with Crippen LogP contribution in [0.5, 0.6) is 0 Å². The van der Waals surface area contributed by atoms with Crippen LogP contribution in [0.3, 0.4) is 0 Å². The molecule has 1 aliphatic heterocycles. The third-order valence-corrected chi connectivity index (χ3v) is 5.35. The summed E-state index contributed by atoms with van der Waals surface area (Å²) < 4.78 is 0. The van der Waals surface area contributed by atoms with Gasteiger partial charge in [-0.05, 0) is 48.4 Å². The third-order valence-electron chi connectivity index (χ3n) is 5.35. The number of carbonyl (C=O) groups excluding carboxylic acids is 1. The van der Waals surface area contributed by atoms with Gasteiger partial charge in [0.1, 0.15) is 0 Å². The van der Waals surface area contributed by atoms with Crippen LogP contribution < -0.4 is 10.2 Å². The number of benzene rings is 2. The molecule has 0 atom stereocenters. The number of pyridine rings is 1. The van der Waals surface area contributed by atoms with Crippen molar-refractivity contribution in [2.75, 3.05) is 23.8 Å². The molecule has 5 nitrogen and oxygen atoms in total. The highest BCUT2D eigenvalue weighted by Gasteiger charge is 2.27. The number of unbranched alkanes of at least 4 members (excludes halogenated alkanes) is 1. The van der Waals surface area contributed by atoms with E-state index in [0.717, 1.165) is 53.3 Å². The van der Waals surface area contributed by atoms with Gasteiger partial charge in [0.2, 0.25) is 0 Å². The van der Waals surface area contributed by atoms with E-state index in [0.29, 0.717) is 6.54 Å². The summed E-state index contributed by atoms with van der Waals surface area (Å²) in [6, 6.07) is 18.2. The van der Waals surface area contributed by atoms with Crippen LogP contribution in [0.25, 0.3) is 0 Å². The van der Waals surface area contributed by atoms with Crippen LogP contribution in [0.15, 0.2) is 67.0 Å². The Labute approximate surface area is 172 Å². The molecule has 3 aromatic rings. The maximum absolute atomic E-state index is 12.6. The lowest BCUT2D eigenvalue weighted by molar-refractivity contribution is 0.0776. The fourth-order valence-corrected chi connectivity index (χ4v) is 3.68. The predicted octanol–water partition coefficient (Wildman–Crippen LogP) is 5.35. The molecular formula is C24H26N4O. The lowest BCUT2D eigenvalue weighted by Crippen LogP contribution is -2.24. The van der Waals surface area contributed by atoms with Gasteiger partial charge in [0, 0.05) is 43.3 Å². The maximum atomic E-state index is 12.6. The van der Waals surface area contributed by atoms with Gasteiger partial charge in [0.15, 0.2) is 0 Å². The number of amides is 1. The fraction of sp³-hybridized carbons (Fsp3) is 0.250. The van der Waals surface area contributed by atoms with E-state index in [1.165, 1.54) is 0 Å². The molecule has 2 heterocycles. The Morgan fingerprint density at radius 1 is 1.14 bits per heavy atom. The van der Waals surface area contributed by atoms with E-state index in [4.69, 9.17) is 0 Å². The van der Waals surface area contributed by atoms with E-state index >= 15 is 0 Å². The molecule has 0 fully saturated rings. The molecule has 2 aromatic carbocycles. The Morgan fingerprint density at radius 3 is 2.76 bits per heavy atom. The summed E-state index contributed by atoms with van der Waals surface area (Å²) in [5.41, 5.74) is 5.94. The Bertz CT molecular complexity index is 1000. The van der Waals surface area contributed by atoms with Crippen molar-refractivity contribution in [3.8, 4) is 0 Å². The van der Waals surface area contributed by atoms with E-state index < -0.39 is 0 Å². The van der Waals surface area contributed by atoms with Gasteiger partial charge in [-0.15, -0.1) is 0 Å². The minimum absolute atomic E-state index is 0.149. The molecule has 0 aliphatic carbocycles. The Balaban J connectivity index is 1.59. The van der Waals surface area contributed by atoms with Gasteiger partial charge in [-0.3, -0.25) is 9.78 Å². The summed E-state index contributed by atoms with van der Waals surface area (Å²) in [5, 5.41) is 3.47. The van der Waals surface area contributed by atoms with Crippen LogP contribution in [0.4, 0.5) is 22.7 Å². The Kier molecular flexibility index (Phi) is 5.47. The van der Waals surface area contributed by atoms with Crippen LogP contribution in [-0.4, -0.2) is 29.4 Å². The van der Waals surface area contributed by atoms with Gasteiger partial charge < -0.3 is 15.1 Å². The summed E-state index contributed by atoms with van der Waals surface area (Å²) in [4.78, 5) is 21.0. The smallest absolute Gasteiger partial charge is 0.254 e. The molecule has 0 radical (unpaired) electrons. The first-order valence-corrected chi connectivity index (χ1v) is 10.1. The monoisotopic (exact) mass is 386 g/mol. The second-order valence-corrected chi connectivity index (χ2v) is 7.36. The van der Waals surface area contributed by atoms with E-state index in [1.807, 2.05) is 66.7 Å². The average molecular weight is 386 g/mol. The van der Waals surface area contributed by atoms with Crippen LogP contribution in [0.2, 0.25) is 0 Å².